The van der Waals surface area contributed by atoms with Crippen molar-refractivity contribution in [2.24, 2.45) is 0 Å². The number of methoxy groups -OCH3 is 3. The van der Waals surface area contributed by atoms with Crippen LogP contribution in [0.5, 0.6) is 17.2 Å². The van der Waals surface area contributed by atoms with Crippen LogP contribution >= 0.6 is 0 Å². The number of aryl methyl sites for hydroxylation is 1. The molecule has 1 aliphatic carbocycles. The minimum absolute atomic E-state index is 0.170. The van der Waals surface area contributed by atoms with E-state index in [0.29, 0.717) is 24.5 Å². The molecule has 0 bridgehead atoms. The summed E-state index contributed by atoms with van der Waals surface area (Å²) in [7, 11) is 4.88. The third-order valence-corrected chi connectivity index (χ3v) is 7.08. The van der Waals surface area contributed by atoms with Gasteiger partial charge in [0.2, 0.25) is 0 Å². The van der Waals surface area contributed by atoms with Gasteiger partial charge in [-0.25, -0.2) is 9.69 Å². The van der Waals surface area contributed by atoms with E-state index >= 15 is 0 Å². The number of urea groups is 1. The van der Waals surface area contributed by atoms with Gasteiger partial charge in [0.15, 0.2) is 11.5 Å². The Kier molecular flexibility index (Phi) is 5.40. The number of fused-ring (bicyclic) bond motifs is 3. The molecule has 1 unspecified atom stereocenters. The third kappa shape index (κ3) is 3.49. The van der Waals surface area contributed by atoms with Crippen molar-refractivity contribution in [3.05, 3.63) is 52.6 Å². The van der Waals surface area contributed by atoms with Gasteiger partial charge >= 0.3 is 6.03 Å². The maximum absolute atomic E-state index is 13.7. The van der Waals surface area contributed by atoms with Crippen LogP contribution in [0.2, 0.25) is 0 Å². The Balaban J connectivity index is 1.38. The first-order valence-electron chi connectivity index (χ1n) is 11.3. The van der Waals surface area contributed by atoms with Crippen molar-refractivity contribution in [2.75, 3.05) is 34.5 Å². The molecule has 8 heteroatoms. The molecule has 1 spiro atoms. The molecule has 2 aliphatic heterocycles. The number of benzene rings is 2. The monoisotopic (exact) mass is 451 g/mol. The Bertz CT molecular complexity index is 1120. The van der Waals surface area contributed by atoms with Crippen molar-refractivity contribution in [3.63, 3.8) is 0 Å². The number of rotatable bonds is 5. The highest BCUT2D eigenvalue weighted by Crippen LogP contribution is 2.41. The molecular formula is C25H29N3O5. The lowest BCUT2D eigenvalue weighted by Crippen LogP contribution is -2.48. The first kappa shape index (κ1) is 21.6. The molecule has 1 atom stereocenters. The third-order valence-electron chi connectivity index (χ3n) is 7.08. The molecule has 174 valence electrons. The van der Waals surface area contributed by atoms with Crippen LogP contribution in [0.4, 0.5) is 4.79 Å². The van der Waals surface area contributed by atoms with Crippen LogP contribution in [0.25, 0.3) is 0 Å². The van der Waals surface area contributed by atoms with Crippen LogP contribution < -0.4 is 19.5 Å². The van der Waals surface area contributed by atoms with Crippen molar-refractivity contribution in [2.45, 2.75) is 37.8 Å². The molecule has 3 aliphatic rings. The molecule has 2 heterocycles. The maximum atomic E-state index is 13.7. The number of hydrogen-bond acceptors (Lipinski definition) is 6. The SMILES string of the molecule is COc1ccc2c(c1)CCCC21NC(=O)N(CN2CCc3cc(OC)c(OC)cc3C2)C1=O. The summed E-state index contributed by atoms with van der Waals surface area (Å²) in [6, 6.07) is 9.42. The second kappa shape index (κ2) is 8.26. The van der Waals surface area contributed by atoms with Crippen LogP contribution in [-0.4, -0.2) is 56.3 Å². The second-order valence-electron chi connectivity index (χ2n) is 8.87. The van der Waals surface area contributed by atoms with E-state index in [-0.39, 0.29) is 18.6 Å². The van der Waals surface area contributed by atoms with Gasteiger partial charge in [-0.05, 0) is 72.2 Å². The number of amides is 3. The summed E-state index contributed by atoms with van der Waals surface area (Å²) < 4.78 is 16.2. The standard InChI is InChI=1S/C25H29N3O5/c1-31-19-6-7-20-17(11-19)5-4-9-25(20)23(29)28(24(30)26-25)15-27-10-8-16-12-21(32-2)22(33-3)13-18(16)14-27/h6-7,11-13H,4-5,8-10,14-15H2,1-3H3,(H,26,30). The summed E-state index contributed by atoms with van der Waals surface area (Å²) in [5.74, 6) is 1.99. The molecule has 1 fully saturated rings. The molecule has 2 aromatic carbocycles. The highest BCUT2D eigenvalue weighted by molar-refractivity contribution is 6.07. The average molecular weight is 452 g/mol. The number of carbonyl (C=O) groups excluding carboxylic acids is 2. The smallest absolute Gasteiger partial charge is 0.326 e. The molecule has 0 aromatic heterocycles. The van der Waals surface area contributed by atoms with E-state index in [2.05, 4.69) is 10.2 Å². The van der Waals surface area contributed by atoms with Gasteiger partial charge < -0.3 is 19.5 Å². The minimum atomic E-state index is -0.985. The summed E-state index contributed by atoms with van der Waals surface area (Å²) in [5, 5.41) is 3.04. The van der Waals surface area contributed by atoms with Gasteiger partial charge in [0.25, 0.3) is 5.91 Å². The van der Waals surface area contributed by atoms with E-state index in [4.69, 9.17) is 14.2 Å². The second-order valence-corrected chi connectivity index (χ2v) is 8.87. The summed E-state index contributed by atoms with van der Waals surface area (Å²) in [4.78, 5) is 30.2. The van der Waals surface area contributed by atoms with Crippen LogP contribution in [0.15, 0.2) is 30.3 Å². The molecule has 3 amide bonds. The lowest BCUT2D eigenvalue weighted by Gasteiger charge is -2.34. The van der Waals surface area contributed by atoms with Gasteiger partial charge in [-0.3, -0.25) is 9.69 Å². The summed E-state index contributed by atoms with van der Waals surface area (Å²) in [5.41, 5.74) is 3.28. The Morgan fingerprint density at radius 1 is 0.939 bits per heavy atom. The van der Waals surface area contributed by atoms with Gasteiger partial charge in [-0.2, -0.15) is 0 Å². The quantitative estimate of drug-likeness (QED) is 0.705. The first-order valence-corrected chi connectivity index (χ1v) is 11.3. The van der Waals surface area contributed by atoms with Crippen LogP contribution in [-0.2, 0) is 29.7 Å². The zero-order valence-corrected chi connectivity index (χ0v) is 19.3. The number of nitrogens with one attached hydrogen (secondary N) is 1. The van der Waals surface area contributed by atoms with E-state index < -0.39 is 5.54 Å². The van der Waals surface area contributed by atoms with Crippen LogP contribution in [0.1, 0.15) is 35.1 Å². The maximum Gasteiger partial charge on any atom is 0.326 e. The minimum Gasteiger partial charge on any atom is -0.497 e. The molecule has 1 N–H and O–H groups in total. The number of hydrogen-bond donors (Lipinski definition) is 1. The fourth-order valence-electron chi connectivity index (χ4n) is 5.37. The van der Waals surface area contributed by atoms with Crippen LogP contribution in [0, 0.1) is 0 Å². The summed E-state index contributed by atoms with van der Waals surface area (Å²) in [6.45, 7) is 1.64. The molecule has 33 heavy (non-hydrogen) atoms. The topological polar surface area (TPSA) is 80.3 Å². The average Bonchev–Trinajstić information content (AvgIpc) is 3.07. The number of nitrogens with zero attached hydrogens (tertiary/aromatic N) is 2. The van der Waals surface area contributed by atoms with Crippen LogP contribution in [0.3, 0.4) is 0 Å². The van der Waals surface area contributed by atoms with Gasteiger partial charge in [0.1, 0.15) is 11.3 Å². The van der Waals surface area contributed by atoms with E-state index in [1.54, 1.807) is 21.3 Å². The molecule has 2 aromatic rings. The Labute approximate surface area is 193 Å². The molecule has 8 nitrogen and oxygen atoms in total. The Morgan fingerprint density at radius 2 is 1.70 bits per heavy atom. The van der Waals surface area contributed by atoms with E-state index in [1.807, 2.05) is 30.3 Å². The summed E-state index contributed by atoms with van der Waals surface area (Å²) >= 11 is 0. The number of carbonyl (C=O) groups is 2. The zero-order valence-electron chi connectivity index (χ0n) is 19.3. The van der Waals surface area contributed by atoms with Crippen molar-refractivity contribution < 1.29 is 23.8 Å². The highest BCUT2D eigenvalue weighted by atomic mass is 16.5. The molecule has 0 radical (unpaired) electrons. The van der Waals surface area contributed by atoms with Crippen molar-refractivity contribution in [3.8, 4) is 17.2 Å². The zero-order chi connectivity index (χ0) is 23.2. The van der Waals surface area contributed by atoms with Crippen molar-refractivity contribution in [1.29, 1.82) is 0 Å². The van der Waals surface area contributed by atoms with Gasteiger partial charge in [-0.15, -0.1) is 0 Å². The van der Waals surface area contributed by atoms with Crippen molar-refractivity contribution in [1.82, 2.24) is 15.1 Å². The molecule has 1 saturated heterocycles. The fourth-order valence-corrected chi connectivity index (χ4v) is 5.37. The van der Waals surface area contributed by atoms with Crippen molar-refractivity contribution >= 4 is 11.9 Å². The summed E-state index contributed by atoms with van der Waals surface area (Å²) in [6.07, 6.45) is 3.12. The van der Waals surface area contributed by atoms with Gasteiger partial charge in [0.05, 0.1) is 28.0 Å². The number of ether oxygens (including phenoxy) is 3. The molecule has 5 rings (SSSR count). The fraction of sp³-hybridized carbons (Fsp3) is 0.440. The Hall–Kier alpha value is -3.26. The molecule has 0 saturated carbocycles. The molecular weight excluding hydrogens is 422 g/mol. The Morgan fingerprint density at radius 3 is 2.42 bits per heavy atom. The predicted octanol–water partition coefficient (Wildman–Crippen LogP) is 2.81. The van der Waals surface area contributed by atoms with E-state index in [9.17, 15) is 9.59 Å². The lowest BCUT2D eigenvalue weighted by molar-refractivity contribution is -0.133. The van der Waals surface area contributed by atoms with E-state index in [0.717, 1.165) is 48.2 Å². The lowest BCUT2D eigenvalue weighted by atomic mass is 9.76. The van der Waals surface area contributed by atoms with E-state index in [1.165, 1.54) is 10.5 Å². The normalized spacial score (nSPS) is 22.1. The van der Waals surface area contributed by atoms with Gasteiger partial charge in [0, 0.05) is 13.1 Å². The van der Waals surface area contributed by atoms with Gasteiger partial charge in [-0.1, -0.05) is 6.07 Å². The predicted molar refractivity (Wildman–Crippen MR) is 122 cm³/mol. The number of imide groups is 1. The largest absolute Gasteiger partial charge is 0.497 e. The first-order chi connectivity index (χ1) is 16.0. The highest BCUT2D eigenvalue weighted by Gasteiger charge is 2.54.